The Labute approximate surface area is 158 Å². The van der Waals surface area contributed by atoms with E-state index in [1.165, 1.54) is 12.0 Å². The third kappa shape index (κ3) is 4.53. The first kappa shape index (κ1) is 20.6. The van der Waals surface area contributed by atoms with E-state index in [1.54, 1.807) is 12.0 Å². The van der Waals surface area contributed by atoms with Gasteiger partial charge in [-0.25, -0.2) is 0 Å². The van der Waals surface area contributed by atoms with Crippen molar-refractivity contribution in [2.45, 2.75) is 83.3 Å². The second-order valence-electron chi connectivity index (χ2n) is 7.69. The Bertz CT molecular complexity index is 547. The van der Waals surface area contributed by atoms with Crippen molar-refractivity contribution in [3.63, 3.8) is 0 Å². The number of nitrogens with one attached hydrogen (secondary N) is 1. The number of hydrogen-bond acceptors (Lipinski definition) is 4. The zero-order valence-corrected chi connectivity index (χ0v) is 17.7. The second-order valence-corrected chi connectivity index (χ2v) is 8.71. The Hall–Kier alpha value is -0.710. The summed E-state index contributed by atoms with van der Waals surface area (Å²) < 4.78 is 11.9. The van der Waals surface area contributed by atoms with E-state index in [-0.39, 0.29) is 11.2 Å². The topological polar surface area (TPSA) is 33.8 Å². The van der Waals surface area contributed by atoms with E-state index in [2.05, 4.69) is 57.3 Å². The third-order valence-corrected chi connectivity index (χ3v) is 6.55. The minimum atomic E-state index is 0.0768. The minimum absolute atomic E-state index is 0.0768. The number of hydrogen-bond donors (Lipinski definition) is 1. The van der Waals surface area contributed by atoms with E-state index in [0.29, 0.717) is 17.2 Å². The fourth-order valence-corrected chi connectivity index (χ4v) is 4.80. The van der Waals surface area contributed by atoms with Crippen molar-refractivity contribution >= 4 is 12.0 Å². The summed E-state index contributed by atoms with van der Waals surface area (Å²) in [5.41, 5.74) is 1.52. The molecule has 1 aromatic carbocycles. The molecule has 1 saturated carbocycles. The van der Waals surface area contributed by atoms with Crippen LogP contribution >= 0.6 is 12.0 Å². The molecule has 4 heteroatoms. The maximum absolute atomic E-state index is 5.96. The normalized spacial score (nSPS) is 31.6. The van der Waals surface area contributed by atoms with Crippen molar-refractivity contribution in [2.24, 2.45) is 5.92 Å². The molecule has 1 aliphatic carbocycles. The zero-order valence-electron chi connectivity index (χ0n) is 16.9. The maximum atomic E-state index is 5.96. The summed E-state index contributed by atoms with van der Waals surface area (Å²) in [5, 5.41) is 3.90. The summed E-state index contributed by atoms with van der Waals surface area (Å²) in [4.78, 5) is 0. The number of benzene rings is 1. The van der Waals surface area contributed by atoms with Gasteiger partial charge in [0.25, 0.3) is 0 Å². The van der Waals surface area contributed by atoms with Crippen LogP contribution in [0, 0.1) is 5.92 Å². The summed E-state index contributed by atoms with van der Waals surface area (Å²) in [7, 11) is 2.02. The molecule has 4 unspecified atom stereocenters. The van der Waals surface area contributed by atoms with Gasteiger partial charge < -0.3 is 14.2 Å². The molecular weight excluding hydrogens is 330 g/mol. The summed E-state index contributed by atoms with van der Waals surface area (Å²) in [6, 6.07) is 8.88. The molecule has 142 valence electrons. The molecule has 25 heavy (non-hydrogen) atoms. The lowest BCUT2D eigenvalue weighted by Crippen LogP contribution is -2.31. The molecule has 0 aromatic heterocycles. The molecule has 0 bridgehead atoms. The Balaban J connectivity index is 0.00000109. The molecule has 0 spiro atoms. The van der Waals surface area contributed by atoms with Crippen LogP contribution in [0.1, 0.15) is 72.4 Å². The van der Waals surface area contributed by atoms with Crippen LogP contribution in [0.3, 0.4) is 0 Å². The van der Waals surface area contributed by atoms with E-state index in [4.69, 9.17) is 8.92 Å². The minimum Gasteiger partial charge on any atom is -0.426 e. The third-order valence-electron chi connectivity index (χ3n) is 5.59. The van der Waals surface area contributed by atoms with Crippen molar-refractivity contribution in [1.29, 1.82) is 0 Å². The first-order chi connectivity index (χ1) is 11.9. The number of fused-ring (bicyclic) bond motifs is 1. The van der Waals surface area contributed by atoms with Crippen molar-refractivity contribution in [3.8, 4) is 5.75 Å². The van der Waals surface area contributed by atoms with Gasteiger partial charge in [-0.3, -0.25) is 0 Å². The summed E-state index contributed by atoms with van der Waals surface area (Å²) >= 11 is 1.61. The van der Waals surface area contributed by atoms with Crippen LogP contribution in [0.25, 0.3) is 0 Å². The molecule has 3 rings (SSSR count). The van der Waals surface area contributed by atoms with Crippen molar-refractivity contribution < 1.29 is 8.92 Å². The van der Waals surface area contributed by atoms with E-state index in [1.807, 2.05) is 20.9 Å². The van der Waals surface area contributed by atoms with Gasteiger partial charge >= 0.3 is 0 Å². The number of ether oxygens (including phenoxy) is 1. The van der Waals surface area contributed by atoms with Crippen LogP contribution in [-0.4, -0.2) is 23.5 Å². The Morgan fingerprint density at radius 2 is 1.80 bits per heavy atom. The highest BCUT2D eigenvalue weighted by molar-refractivity contribution is 7.95. The van der Waals surface area contributed by atoms with Gasteiger partial charge in [0.15, 0.2) is 0 Å². The van der Waals surface area contributed by atoms with Crippen LogP contribution in [0.4, 0.5) is 0 Å². The largest absolute Gasteiger partial charge is 0.426 e. The van der Waals surface area contributed by atoms with Crippen LogP contribution < -0.4 is 9.50 Å². The lowest BCUT2D eigenvalue weighted by Gasteiger charge is -2.25. The molecule has 3 nitrogen and oxygen atoms in total. The first-order valence-corrected chi connectivity index (χ1v) is 10.5. The highest BCUT2D eigenvalue weighted by atomic mass is 32.2. The first-order valence-electron chi connectivity index (χ1n) is 9.68. The van der Waals surface area contributed by atoms with Crippen molar-refractivity contribution in [2.75, 3.05) is 7.05 Å². The van der Waals surface area contributed by atoms with Gasteiger partial charge in [0.05, 0.1) is 23.2 Å². The smallest absolute Gasteiger partial charge is 0.137 e. The molecule has 2 fully saturated rings. The lowest BCUT2D eigenvalue weighted by molar-refractivity contribution is 0.280. The monoisotopic (exact) mass is 365 g/mol. The molecule has 0 radical (unpaired) electrons. The van der Waals surface area contributed by atoms with Gasteiger partial charge in [0, 0.05) is 11.3 Å². The zero-order chi connectivity index (χ0) is 18.7. The summed E-state index contributed by atoms with van der Waals surface area (Å²) in [6.45, 7) is 12.9. The van der Waals surface area contributed by atoms with Crippen LogP contribution in [0.15, 0.2) is 24.3 Å². The molecular formula is C21H35NO2S. The van der Waals surface area contributed by atoms with Crippen LogP contribution in [0.2, 0.25) is 0 Å². The van der Waals surface area contributed by atoms with Gasteiger partial charge in [-0.2, -0.15) is 0 Å². The number of rotatable bonds is 6. The SMILES string of the molecule is CC.CNC(c1ccc(OSC2CCC3(C)OC3(C)C2)cc1)C(C)C. The Morgan fingerprint density at radius 3 is 2.32 bits per heavy atom. The molecule has 1 saturated heterocycles. The summed E-state index contributed by atoms with van der Waals surface area (Å²) in [5.74, 6) is 1.50. The maximum Gasteiger partial charge on any atom is 0.137 e. The van der Waals surface area contributed by atoms with Gasteiger partial charge in [0.2, 0.25) is 0 Å². The molecule has 1 aliphatic heterocycles. The second kappa shape index (κ2) is 8.32. The fraction of sp³-hybridized carbons (Fsp3) is 0.714. The highest BCUT2D eigenvalue weighted by Crippen LogP contribution is 2.58. The van der Waals surface area contributed by atoms with Gasteiger partial charge in [-0.05, 0) is 63.8 Å². The molecule has 1 aromatic rings. The van der Waals surface area contributed by atoms with Crippen LogP contribution in [-0.2, 0) is 4.74 Å². The number of epoxide rings is 1. The van der Waals surface area contributed by atoms with Gasteiger partial charge in [-0.15, -0.1) is 0 Å². The van der Waals surface area contributed by atoms with E-state index in [0.717, 1.165) is 18.6 Å². The highest BCUT2D eigenvalue weighted by Gasteiger charge is 2.65. The van der Waals surface area contributed by atoms with Gasteiger partial charge in [-0.1, -0.05) is 39.8 Å². The standard InChI is InChI=1S/C19H29NO2S.C2H6/c1-13(2)17(20-5)14-6-8-15(9-7-14)21-23-16-10-11-18(3)19(4,12-16)22-18;1-2/h6-9,13,16-17,20H,10-12H2,1-5H3;1-2H3. The fourth-order valence-electron chi connectivity index (χ4n) is 3.84. The summed E-state index contributed by atoms with van der Waals surface area (Å²) in [6.07, 6.45) is 3.40. The van der Waals surface area contributed by atoms with Crippen LogP contribution in [0.5, 0.6) is 5.75 Å². The predicted octanol–water partition coefficient (Wildman–Crippen LogP) is 5.76. The lowest BCUT2D eigenvalue weighted by atomic mass is 9.81. The predicted molar refractivity (Wildman–Crippen MR) is 108 cm³/mol. The Kier molecular flexibility index (Phi) is 6.86. The van der Waals surface area contributed by atoms with E-state index >= 15 is 0 Å². The van der Waals surface area contributed by atoms with Crippen molar-refractivity contribution in [3.05, 3.63) is 29.8 Å². The molecule has 4 atom stereocenters. The molecule has 0 amide bonds. The molecule has 1 heterocycles. The average molecular weight is 366 g/mol. The molecule has 1 N–H and O–H groups in total. The van der Waals surface area contributed by atoms with E-state index in [9.17, 15) is 0 Å². The van der Waals surface area contributed by atoms with Gasteiger partial charge in [0.1, 0.15) is 5.75 Å². The quantitative estimate of drug-likeness (QED) is 0.513. The van der Waals surface area contributed by atoms with Crippen molar-refractivity contribution in [1.82, 2.24) is 5.32 Å². The Morgan fingerprint density at radius 1 is 1.16 bits per heavy atom. The average Bonchev–Trinajstić information content (AvgIpc) is 3.18. The molecule has 2 aliphatic rings. The van der Waals surface area contributed by atoms with E-state index < -0.39 is 0 Å².